The number of benzene rings is 1. The van der Waals surface area contributed by atoms with E-state index in [1.54, 1.807) is 6.92 Å². The Morgan fingerprint density at radius 2 is 1.85 bits per heavy atom. The van der Waals surface area contributed by atoms with Gasteiger partial charge in [0.1, 0.15) is 5.82 Å². The first kappa shape index (κ1) is 19.1. The molecule has 2 heterocycles. The van der Waals surface area contributed by atoms with Gasteiger partial charge in [-0.1, -0.05) is 6.07 Å². The smallest absolute Gasteiger partial charge is 0.338 e. The zero-order chi connectivity index (χ0) is 19.9. The van der Waals surface area contributed by atoms with E-state index in [2.05, 4.69) is 5.10 Å². The van der Waals surface area contributed by atoms with Gasteiger partial charge in [-0.3, -0.25) is 9.36 Å². The molecule has 6 nitrogen and oxygen atoms in total. The van der Waals surface area contributed by atoms with Crippen LogP contribution in [-0.2, 0) is 13.2 Å². The van der Waals surface area contributed by atoms with Crippen molar-refractivity contribution in [1.82, 2.24) is 19.2 Å². The molecule has 3 rings (SSSR count). The summed E-state index contributed by atoms with van der Waals surface area (Å²) in [6.07, 6.45) is -4.14. The third kappa shape index (κ3) is 3.60. The van der Waals surface area contributed by atoms with Gasteiger partial charge in [-0.15, -0.1) is 5.10 Å². The fourth-order valence-corrected chi connectivity index (χ4v) is 3.16. The highest BCUT2D eigenvalue weighted by Gasteiger charge is 2.39. The van der Waals surface area contributed by atoms with Crippen molar-refractivity contribution >= 4 is 5.91 Å². The standard InChI is InChI=1S/C17H18F4N4O2/c1-10-3-4-11(9-13(10)18)14(26)24-7-5-12(6-8-24)25-16(27)23(2)15(22-25)17(19,20)21/h3-4,9,12H,5-8H2,1-2H3. The van der Waals surface area contributed by atoms with Crippen molar-refractivity contribution < 1.29 is 22.4 Å². The van der Waals surface area contributed by atoms with Crippen molar-refractivity contribution in [3.8, 4) is 0 Å². The Balaban J connectivity index is 1.73. The van der Waals surface area contributed by atoms with E-state index >= 15 is 0 Å². The van der Waals surface area contributed by atoms with Crippen LogP contribution in [0.4, 0.5) is 17.6 Å². The number of carbonyl (C=O) groups is 1. The fourth-order valence-electron chi connectivity index (χ4n) is 3.16. The zero-order valence-electron chi connectivity index (χ0n) is 14.8. The normalized spacial score (nSPS) is 16.0. The molecule has 1 aromatic heterocycles. The molecule has 1 saturated heterocycles. The van der Waals surface area contributed by atoms with Crippen molar-refractivity contribution in [1.29, 1.82) is 0 Å². The molecule has 146 valence electrons. The summed E-state index contributed by atoms with van der Waals surface area (Å²) in [5.74, 6) is -2.08. The second-order valence-electron chi connectivity index (χ2n) is 6.59. The summed E-state index contributed by atoms with van der Waals surface area (Å²) < 4.78 is 53.7. The molecule has 1 amide bonds. The first-order chi connectivity index (χ1) is 12.6. The van der Waals surface area contributed by atoms with Crippen molar-refractivity contribution in [3.05, 3.63) is 51.5 Å². The van der Waals surface area contributed by atoms with Gasteiger partial charge in [-0.25, -0.2) is 13.9 Å². The van der Waals surface area contributed by atoms with Crippen LogP contribution in [0.5, 0.6) is 0 Å². The highest BCUT2D eigenvalue weighted by molar-refractivity contribution is 5.94. The molecule has 0 spiro atoms. The minimum absolute atomic E-state index is 0.214. The fraction of sp³-hybridized carbons (Fsp3) is 0.471. The van der Waals surface area contributed by atoms with E-state index < -0.39 is 29.5 Å². The largest absolute Gasteiger partial charge is 0.451 e. The Morgan fingerprint density at radius 3 is 2.37 bits per heavy atom. The predicted octanol–water partition coefficient (Wildman–Crippen LogP) is 2.53. The summed E-state index contributed by atoms with van der Waals surface area (Å²) in [7, 11) is 1.03. The summed E-state index contributed by atoms with van der Waals surface area (Å²) in [6, 6.07) is 3.69. The molecule has 1 aromatic carbocycles. The number of rotatable bonds is 2. The topological polar surface area (TPSA) is 60.1 Å². The number of halogens is 4. The van der Waals surface area contributed by atoms with Gasteiger partial charge in [0.2, 0.25) is 5.82 Å². The molecule has 0 N–H and O–H groups in total. The number of aryl methyl sites for hydroxylation is 1. The van der Waals surface area contributed by atoms with Crippen molar-refractivity contribution in [2.45, 2.75) is 32.0 Å². The van der Waals surface area contributed by atoms with E-state index in [1.807, 2.05) is 0 Å². The first-order valence-corrected chi connectivity index (χ1v) is 8.37. The molecule has 27 heavy (non-hydrogen) atoms. The molecule has 2 aromatic rings. The number of alkyl halides is 3. The number of nitrogens with zero attached hydrogens (tertiary/aromatic N) is 4. The molecule has 0 atom stereocenters. The van der Waals surface area contributed by atoms with Gasteiger partial charge in [0.15, 0.2) is 0 Å². The second-order valence-corrected chi connectivity index (χ2v) is 6.59. The second kappa shape index (κ2) is 6.82. The van der Waals surface area contributed by atoms with E-state index in [9.17, 15) is 27.2 Å². The van der Waals surface area contributed by atoms with Gasteiger partial charge in [0.25, 0.3) is 5.91 Å². The van der Waals surface area contributed by atoms with Crippen LogP contribution in [0.25, 0.3) is 0 Å². The number of aromatic nitrogens is 3. The highest BCUT2D eigenvalue weighted by atomic mass is 19.4. The van der Waals surface area contributed by atoms with E-state index in [4.69, 9.17) is 0 Å². The van der Waals surface area contributed by atoms with Crippen molar-refractivity contribution in [3.63, 3.8) is 0 Å². The third-order valence-corrected chi connectivity index (χ3v) is 4.77. The quantitative estimate of drug-likeness (QED) is 0.746. The lowest BCUT2D eigenvalue weighted by molar-refractivity contribution is -0.147. The molecule has 1 aliphatic rings. The number of hydrogen-bond donors (Lipinski definition) is 0. The Morgan fingerprint density at radius 1 is 1.22 bits per heavy atom. The van der Waals surface area contributed by atoms with E-state index in [-0.39, 0.29) is 37.4 Å². The van der Waals surface area contributed by atoms with Gasteiger partial charge in [-0.2, -0.15) is 13.2 Å². The van der Waals surface area contributed by atoms with Gasteiger partial charge < -0.3 is 4.90 Å². The van der Waals surface area contributed by atoms with Gasteiger partial charge >= 0.3 is 11.9 Å². The van der Waals surface area contributed by atoms with Crippen LogP contribution in [0.15, 0.2) is 23.0 Å². The average Bonchev–Trinajstić information content (AvgIpc) is 2.92. The molecular formula is C17H18F4N4O2. The minimum Gasteiger partial charge on any atom is -0.338 e. The summed E-state index contributed by atoms with van der Waals surface area (Å²) >= 11 is 0. The van der Waals surface area contributed by atoms with Crippen LogP contribution in [0.2, 0.25) is 0 Å². The van der Waals surface area contributed by atoms with E-state index in [0.717, 1.165) is 11.7 Å². The Kier molecular flexibility index (Phi) is 4.83. The van der Waals surface area contributed by atoms with Crippen molar-refractivity contribution in [2.75, 3.05) is 13.1 Å². The molecule has 0 bridgehead atoms. The summed E-state index contributed by atoms with van der Waals surface area (Å²) in [5.41, 5.74) is -0.195. The zero-order valence-corrected chi connectivity index (χ0v) is 14.8. The molecule has 0 aliphatic carbocycles. The first-order valence-electron chi connectivity index (χ1n) is 8.37. The molecule has 0 saturated carbocycles. The van der Waals surface area contributed by atoms with Crippen LogP contribution in [0, 0.1) is 12.7 Å². The van der Waals surface area contributed by atoms with Crippen molar-refractivity contribution in [2.24, 2.45) is 7.05 Å². The Bertz CT molecular complexity index is 924. The molecule has 1 aliphatic heterocycles. The summed E-state index contributed by atoms with van der Waals surface area (Å²) in [4.78, 5) is 26.1. The number of carbonyl (C=O) groups excluding carboxylic acids is 1. The maximum Gasteiger partial charge on any atom is 0.451 e. The molecule has 0 radical (unpaired) electrons. The predicted molar refractivity (Wildman–Crippen MR) is 87.8 cm³/mol. The highest BCUT2D eigenvalue weighted by Crippen LogP contribution is 2.28. The van der Waals surface area contributed by atoms with Gasteiger partial charge in [0.05, 0.1) is 6.04 Å². The average molecular weight is 386 g/mol. The van der Waals surface area contributed by atoms with Crippen LogP contribution in [0.3, 0.4) is 0 Å². The van der Waals surface area contributed by atoms with E-state index in [0.29, 0.717) is 10.1 Å². The SMILES string of the molecule is Cc1ccc(C(=O)N2CCC(n3nc(C(F)(F)F)n(C)c3=O)CC2)cc1F. The Labute approximate surface area is 152 Å². The number of piperidine rings is 1. The maximum atomic E-state index is 13.7. The number of likely N-dealkylation sites (tertiary alicyclic amines) is 1. The molecule has 10 heteroatoms. The van der Waals surface area contributed by atoms with Crippen LogP contribution >= 0.6 is 0 Å². The number of amides is 1. The lowest BCUT2D eigenvalue weighted by Crippen LogP contribution is -2.41. The van der Waals surface area contributed by atoms with Crippen LogP contribution in [0.1, 0.15) is 40.6 Å². The molecule has 0 unspecified atom stereocenters. The monoisotopic (exact) mass is 386 g/mol. The lowest BCUT2D eigenvalue weighted by atomic mass is 10.0. The minimum atomic E-state index is -4.72. The summed E-state index contributed by atoms with van der Waals surface area (Å²) in [6.45, 7) is 2.07. The number of hydrogen-bond acceptors (Lipinski definition) is 3. The molecular weight excluding hydrogens is 368 g/mol. The molecule has 1 fully saturated rings. The van der Waals surface area contributed by atoms with Crippen LogP contribution < -0.4 is 5.69 Å². The van der Waals surface area contributed by atoms with Gasteiger partial charge in [-0.05, 0) is 37.5 Å². The van der Waals surface area contributed by atoms with Crippen LogP contribution in [-0.4, -0.2) is 38.2 Å². The maximum absolute atomic E-state index is 13.7. The summed E-state index contributed by atoms with van der Waals surface area (Å²) in [5, 5.41) is 3.44. The Hall–Kier alpha value is -2.65. The van der Waals surface area contributed by atoms with Gasteiger partial charge in [0, 0.05) is 25.7 Å². The van der Waals surface area contributed by atoms with E-state index in [1.165, 1.54) is 23.1 Å². The third-order valence-electron chi connectivity index (χ3n) is 4.77. The lowest BCUT2D eigenvalue weighted by Gasteiger charge is -2.31.